The molecule has 2 N–H and O–H groups in total. The van der Waals surface area contributed by atoms with E-state index in [1.54, 1.807) is 32.2 Å². The number of ether oxygens (including phenoxy) is 2. The zero-order chi connectivity index (χ0) is 19.8. The van der Waals surface area contributed by atoms with Gasteiger partial charge in [-0.1, -0.05) is 17.7 Å². The second kappa shape index (κ2) is 7.14. The Morgan fingerprint density at radius 1 is 1.11 bits per heavy atom. The minimum absolute atomic E-state index is 0.106. The van der Waals surface area contributed by atoms with Crippen LogP contribution in [0.5, 0.6) is 11.5 Å². The summed E-state index contributed by atoms with van der Waals surface area (Å²) < 4.78 is 38.7. The molecule has 0 bridgehead atoms. The van der Waals surface area contributed by atoms with E-state index in [2.05, 4.69) is 4.72 Å². The van der Waals surface area contributed by atoms with E-state index in [0.29, 0.717) is 35.5 Å². The molecule has 27 heavy (non-hydrogen) atoms. The van der Waals surface area contributed by atoms with E-state index in [1.807, 2.05) is 19.1 Å². The van der Waals surface area contributed by atoms with Crippen molar-refractivity contribution in [3.05, 3.63) is 52.6 Å². The normalized spacial score (nSPS) is 19.0. The van der Waals surface area contributed by atoms with Crippen LogP contribution in [0.1, 0.15) is 28.7 Å². The van der Waals surface area contributed by atoms with Gasteiger partial charge in [-0.25, -0.2) is 13.1 Å². The van der Waals surface area contributed by atoms with Gasteiger partial charge in [-0.2, -0.15) is 0 Å². The van der Waals surface area contributed by atoms with E-state index in [0.717, 1.165) is 11.1 Å². The fourth-order valence-corrected chi connectivity index (χ4v) is 4.93. The van der Waals surface area contributed by atoms with Gasteiger partial charge in [-0.3, -0.25) is 0 Å². The largest absolute Gasteiger partial charge is 0.493 e. The van der Waals surface area contributed by atoms with Gasteiger partial charge in [0.1, 0.15) is 5.60 Å². The third-order valence-electron chi connectivity index (χ3n) is 5.09. The Morgan fingerprint density at radius 3 is 2.41 bits per heavy atom. The highest BCUT2D eigenvalue weighted by atomic mass is 32.2. The highest BCUT2D eigenvalue weighted by molar-refractivity contribution is 7.89. The number of aliphatic hydroxyl groups is 1. The Balaban J connectivity index is 1.87. The van der Waals surface area contributed by atoms with Crippen LogP contribution in [-0.4, -0.2) is 34.3 Å². The lowest BCUT2D eigenvalue weighted by Crippen LogP contribution is -2.39. The van der Waals surface area contributed by atoms with Crippen LogP contribution < -0.4 is 14.2 Å². The molecule has 1 aliphatic rings. The second-order valence-corrected chi connectivity index (χ2v) is 8.72. The highest BCUT2D eigenvalue weighted by Gasteiger charge is 2.39. The number of sulfonamides is 1. The van der Waals surface area contributed by atoms with Gasteiger partial charge in [0.25, 0.3) is 0 Å². The summed E-state index contributed by atoms with van der Waals surface area (Å²) >= 11 is 0. The summed E-state index contributed by atoms with van der Waals surface area (Å²) in [6.45, 7) is 3.57. The molecule has 3 rings (SSSR count). The molecule has 0 fully saturated rings. The van der Waals surface area contributed by atoms with Crippen molar-refractivity contribution in [1.29, 1.82) is 0 Å². The van der Waals surface area contributed by atoms with E-state index in [9.17, 15) is 13.5 Å². The molecule has 0 heterocycles. The summed E-state index contributed by atoms with van der Waals surface area (Å²) in [6.07, 6.45) is 1.06. The van der Waals surface area contributed by atoms with Crippen molar-refractivity contribution in [3.8, 4) is 11.5 Å². The number of hydrogen-bond acceptors (Lipinski definition) is 5. The van der Waals surface area contributed by atoms with E-state index in [1.165, 1.54) is 7.11 Å². The Bertz CT molecular complexity index is 971. The van der Waals surface area contributed by atoms with E-state index in [-0.39, 0.29) is 11.4 Å². The van der Waals surface area contributed by atoms with Crippen LogP contribution >= 0.6 is 0 Å². The third-order valence-corrected chi connectivity index (χ3v) is 6.65. The number of benzene rings is 2. The summed E-state index contributed by atoms with van der Waals surface area (Å²) in [6, 6.07) is 8.74. The van der Waals surface area contributed by atoms with Gasteiger partial charge in [0.2, 0.25) is 10.0 Å². The predicted octanol–water partition coefficient (Wildman–Crippen LogP) is 2.43. The average Bonchev–Trinajstić information content (AvgIpc) is 2.95. The molecule has 1 unspecified atom stereocenters. The van der Waals surface area contributed by atoms with Crippen LogP contribution in [0, 0.1) is 13.8 Å². The van der Waals surface area contributed by atoms with Gasteiger partial charge in [-0.05, 0) is 61.6 Å². The number of fused-ring (bicyclic) bond motifs is 1. The third kappa shape index (κ3) is 3.67. The molecule has 0 aliphatic heterocycles. The van der Waals surface area contributed by atoms with Gasteiger partial charge in [0, 0.05) is 6.54 Å². The van der Waals surface area contributed by atoms with Gasteiger partial charge in [-0.15, -0.1) is 0 Å². The van der Waals surface area contributed by atoms with E-state index < -0.39 is 15.6 Å². The van der Waals surface area contributed by atoms with Crippen LogP contribution in [0.3, 0.4) is 0 Å². The maximum atomic E-state index is 12.7. The van der Waals surface area contributed by atoms with E-state index in [4.69, 9.17) is 9.47 Å². The van der Waals surface area contributed by atoms with Crippen LogP contribution in [0.4, 0.5) is 0 Å². The van der Waals surface area contributed by atoms with Crippen molar-refractivity contribution in [2.75, 3.05) is 20.8 Å². The smallest absolute Gasteiger partial charge is 0.240 e. The van der Waals surface area contributed by atoms with Crippen molar-refractivity contribution in [3.63, 3.8) is 0 Å². The molecule has 0 saturated carbocycles. The monoisotopic (exact) mass is 391 g/mol. The SMILES string of the molecule is COc1cc2c(cc1OC)C(O)(CNS(=O)(=O)c1ccc(C)cc1C)CC2. The maximum absolute atomic E-state index is 12.7. The van der Waals surface area contributed by atoms with E-state index >= 15 is 0 Å². The first-order chi connectivity index (χ1) is 12.7. The van der Waals surface area contributed by atoms with Gasteiger partial charge < -0.3 is 14.6 Å². The van der Waals surface area contributed by atoms with Crippen molar-refractivity contribution >= 4 is 10.0 Å². The molecule has 146 valence electrons. The summed E-state index contributed by atoms with van der Waals surface area (Å²) in [5.41, 5.74) is 1.98. The highest BCUT2D eigenvalue weighted by Crippen LogP contribution is 2.42. The Kier molecular flexibility index (Phi) is 5.20. The molecule has 0 amide bonds. The Hall–Kier alpha value is -2.09. The molecule has 2 aromatic rings. The number of rotatable bonds is 6. The molecule has 1 atom stereocenters. The van der Waals surface area contributed by atoms with Crippen molar-refractivity contribution in [1.82, 2.24) is 4.72 Å². The predicted molar refractivity (Wildman–Crippen MR) is 103 cm³/mol. The van der Waals surface area contributed by atoms with Crippen LogP contribution in [-0.2, 0) is 22.0 Å². The summed E-state index contributed by atoms with van der Waals surface area (Å²) in [5.74, 6) is 1.10. The van der Waals surface area contributed by atoms with Gasteiger partial charge >= 0.3 is 0 Å². The standard InChI is InChI=1S/C20H25NO5S/c1-13-5-6-19(14(2)9-13)27(23,24)21-12-20(22)8-7-15-10-17(25-3)18(26-4)11-16(15)20/h5-6,9-11,21-22H,7-8,12H2,1-4H3. The zero-order valence-corrected chi connectivity index (χ0v) is 16.8. The van der Waals surface area contributed by atoms with Crippen LogP contribution in [0.15, 0.2) is 35.2 Å². The van der Waals surface area contributed by atoms with Crippen molar-refractivity contribution in [2.45, 2.75) is 37.2 Å². The topological polar surface area (TPSA) is 84.9 Å². The van der Waals surface area contributed by atoms with Crippen molar-refractivity contribution in [2.24, 2.45) is 0 Å². The average molecular weight is 391 g/mol. The van der Waals surface area contributed by atoms with Gasteiger partial charge in [0.05, 0.1) is 19.1 Å². The first kappa shape index (κ1) is 19.7. The zero-order valence-electron chi connectivity index (χ0n) is 16.0. The molecule has 0 aromatic heterocycles. The summed E-state index contributed by atoms with van der Waals surface area (Å²) in [7, 11) is -0.642. The number of aryl methyl sites for hydroxylation is 3. The van der Waals surface area contributed by atoms with Crippen LogP contribution in [0.25, 0.3) is 0 Å². The molecule has 0 saturated heterocycles. The Labute approximate surface area is 160 Å². The lowest BCUT2D eigenvalue weighted by Gasteiger charge is -2.25. The van der Waals surface area contributed by atoms with Crippen LogP contribution in [0.2, 0.25) is 0 Å². The molecular formula is C20H25NO5S. The molecule has 1 aliphatic carbocycles. The van der Waals surface area contributed by atoms with Crippen molar-refractivity contribution < 1.29 is 23.0 Å². The number of nitrogens with one attached hydrogen (secondary N) is 1. The second-order valence-electron chi connectivity index (χ2n) is 6.99. The van der Waals surface area contributed by atoms with Gasteiger partial charge in [0.15, 0.2) is 11.5 Å². The molecule has 6 nitrogen and oxygen atoms in total. The Morgan fingerprint density at radius 2 is 1.78 bits per heavy atom. The fraction of sp³-hybridized carbons (Fsp3) is 0.400. The first-order valence-corrected chi connectivity index (χ1v) is 10.2. The molecule has 0 radical (unpaired) electrons. The lowest BCUT2D eigenvalue weighted by molar-refractivity contribution is 0.0440. The summed E-state index contributed by atoms with van der Waals surface area (Å²) in [5, 5.41) is 11.1. The molecular weight excluding hydrogens is 366 g/mol. The number of methoxy groups -OCH3 is 2. The minimum Gasteiger partial charge on any atom is -0.493 e. The molecule has 2 aromatic carbocycles. The molecule has 7 heteroatoms. The molecule has 0 spiro atoms. The number of hydrogen-bond donors (Lipinski definition) is 2. The fourth-order valence-electron chi connectivity index (χ4n) is 3.61. The summed E-state index contributed by atoms with van der Waals surface area (Å²) in [4.78, 5) is 0.224. The maximum Gasteiger partial charge on any atom is 0.240 e. The first-order valence-electron chi connectivity index (χ1n) is 8.75. The lowest BCUT2D eigenvalue weighted by atomic mass is 9.96. The quantitative estimate of drug-likeness (QED) is 0.790. The minimum atomic E-state index is -3.73.